The first-order valence-corrected chi connectivity index (χ1v) is 14.2. The Hall–Kier alpha value is -4.42. The van der Waals surface area contributed by atoms with Crippen molar-refractivity contribution in [3.05, 3.63) is 88.0 Å². The summed E-state index contributed by atoms with van der Waals surface area (Å²) in [7, 11) is -1.01. The standard InChI is InChI=1S/C27H25N5O5S2/c1-36-19-13-18(14-20(16-19)37-2)28-25-26(31-23-10-4-3-9-22(23)30-25)32-39(34,35)21-8-5-7-17(15-21)29-27(33)24-11-6-12-38-24/h3-6,8-17H,7H2,1-2H3,(H,28,30)(H,29,33)(H,31,32). The van der Waals surface area contributed by atoms with E-state index in [1.807, 2.05) is 11.4 Å². The lowest BCUT2D eigenvalue weighted by Gasteiger charge is -2.19. The lowest BCUT2D eigenvalue weighted by molar-refractivity contribution is 0.0948. The fraction of sp³-hybridized carbons (Fsp3) is 0.148. The molecule has 10 nitrogen and oxygen atoms in total. The molecule has 1 amide bonds. The number of amides is 1. The number of nitrogens with zero attached hydrogens (tertiary/aromatic N) is 2. The van der Waals surface area contributed by atoms with Crippen molar-refractivity contribution in [3.8, 4) is 11.5 Å². The second kappa shape index (κ2) is 11.1. The lowest BCUT2D eigenvalue weighted by Crippen LogP contribution is -2.34. The van der Waals surface area contributed by atoms with Crippen molar-refractivity contribution in [2.45, 2.75) is 12.5 Å². The maximum Gasteiger partial charge on any atom is 0.262 e. The molecule has 39 heavy (non-hydrogen) atoms. The molecule has 0 saturated heterocycles. The number of anilines is 3. The molecular weight excluding hydrogens is 538 g/mol. The number of para-hydroxylation sites is 2. The molecule has 1 aliphatic rings. The Morgan fingerprint density at radius 1 is 0.974 bits per heavy atom. The lowest BCUT2D eigenvalue weighted by atomic mass is 10.1. The average molecular weight is 564 g/mol. The van der Waals surface area contributed by atoms with Crippen LogP contribution in [0.1, 0.15) is 16.1 Å². The number of nitrogens with one attached hydrogen (secondary N) is 3. The van der Waals surface area contributed by atoms with E-state index in [0.717, 1.165) is 0 Å². The maximum atomic E-state index is 13.5. The Morgan fingerprint density at radius 2 is 1.67 bits per heavy atom. The SMILES string of the molecule is COc1cc(Nc2nc3ccccc3nc2NS(=O)(=O)C2=CC(NC(=O)c3cccs3)CC=C2)cc(OC)c1. The van der Waals surface area contributed by atoms with Crippen LogP contribution < -0.4 is 24.8 Å². The van der Waals surface area contributed by atoms with Crippen LogP contribution in [0.25, 0.3) is 11.0 Å². The van der Waals surface area contributed by atoms with Gasteiger partial charge in [0.2, 0.25) is 0 Å². The molecule has 0 saturated carbocycles. The van der Waals surface area contributed by atoms with Crippen LogP contribution in [-0.2, 0) is 10.0 Å². The van der Waals surface area contributed by atoms with E-state index >= 15 is 0 Å². The first-order valence-electron chi connectivity index (χ1n) is 11.9. The van der Waals surface area contributed by atoms with Gasteiger partial charge in [-0.2, -0.15) is 0 Å². The quantitative estimate of drug-likeness (QED) is 0.264. The van der Waals surface area contributed by atoms with Crippen molar-refractivity contribution < 1.29 is 22.7 Å². The number of sulfonamides is 1. The van der Waals surface area contributed by atoms with Gasteiger partial charge in [-0.05, 0) is 42.2 Å². The van der Waals surface area contributed by atoms with Gasteiger partial charge in [0.05, 0.1) is 41.1 Å². The van der Waals surface area contributed by atoms with Crippen LogP contribution in [0.5, 0.6) is 11.5 Å². The van der Waals surface area contributed by atoms with E-state index in [1.54, 1.807) is 54.6 Å². The highest BCUT2D eigenvalue weighted by atomic mass is 32.2. The van der Waals surface area contributed by atoms with Gasteiger partial charge in [-0.25, -0.2) is 18.4 Å². The maximum absolute atomic E-state index is 13.5. The second-order valence-corrected chi connectivity index (χ2v) is 11.1. The molecule has 4 aromatic rings. The highest BCUT2D eigenvalue weighted by Crippen LogP contribution is 2.31. The number of methoxy groups -OCH3 is 2. The number of thiophene rings is 1. The molecule has 12 heteroatoms. The molecule has 2 heterocycles. The molecule has 1 aliphatic carbocycles. The van der Waals surface area contributed by atoms with Gasteiger partial charge in [0.1, 0.15) is 11.5 Å². The van der Waals surface area contributed by atoms with Gasteiger partial charge in [0, 0.05) is 23.9 Å². The number of rotatable bonds is 9. The van der Waals surface area contributed by atoms with E-state index in [9.17, 15) is 13.2 Å². The van der Waals surface area contributed by atoms with Crippen LogP contribution in [0.15, 0.2) is 83.1 Å². The molecule has 200 valence electrons. The highest BCUT2D eigenvalue weighted by Gasteiger charge is 2.24. The van der Waals surface area contributed by atoms with Crippen LogP contribution in [0, 0.1) is 0 Å². The van der Waals surface area contributed by atoms with Gasteiger partial charge in [-0.1, -0.05) is 24.3 Å². The fourth-order valence-electron chi connectivity index (χ4n) is 3.94. The molecule has 1 atom stereocenters. The zero-order valence-corrected chi connectivity index (χ0v) is 22.7. The Labute approximate surface area is 229 Å². The molecule has 3 N–H and O–H groups in total. The zero-order chi connectivity index (χ0) is 27.4. The fourth-order valence-corrected chi connectivity index (χ4v) is 5.70. The van der Waals surface area contributed by atoms with Crippen LogP contribution in [0.3, 0.4) is 0 Å². The second-order valence-electron chi connectivity index (χ2n) is 8.51. The zero-order valence-electron chi connectivity index (χ0n) is 21.0. The number of allylic oxidation sites excluding steroid dienone is 1. The van der Waals surface area contributed by atoms with Gasteiger partial charge in [0.15, 0.2) is 11.6 Å². The molecule has 0 radical (unpaired) electrons. The summed E-state index contributed by atoms with van der Waals surface area (Å²) in [5.74, 6) is 1.03. The molecule has 5 rings (SSSR count). The Kier molecular flexibility index (Phi) is 7.48. The van der Waals surface area contributed by atoms with Crippen molar-refractivity contribution in [2.24, 2.45) is 0 Å². The number of carbonyl (C=O) groups is 1. The van der Waals surface area contributed by atoms with Gasteiger partial charge in [0.25, 0.3) is 15.9 Å². The predicted molar refractivity (Wildman–Crippen MR) is 152 cm³/mol. The van der Waals surface area contributed by atoms with Gasteiger partial charge >= 0.3 is 0 Å². The third kappa shape index (κ3) is 6.02. The van der Waals surface area contributed by atoms with E-state index in [0.29, 0.717) is 39.5 Å². The summed E-state index contributed by atoms with van der Waals surface area (Å²) in [5.41, 5.74) is 1.65. The highest BCUT2D eigenvalue weighted by molar-refractivity contribution is 7.96. The van der Waals surface area contributed by atoms with Gasteiger partial charge < -0.3 is 20.1 Å². The molecule has 1 unspecified atom stereocenters. The summed E-state index contributed by atoms with van der Waals surface area (Å²) in [5, 5.41) is 7.81. The largest absolute Gasteiger partial charge is 0.497 e. The molecule has 0 spiro atoms. The van der Waals surface area contributed by atoms with Crippen LogP contribution >= 0.6 is 11.3 Å². The van der Waals surface area contributed by atoms with Crippen molar-refractivity contribution in [2.75, 3.05) is 24.3 Å². The molecule has 2 aromatic heterocycles. The Balaban J connectivity index is 1.46. The summed E-state index contributed by atoms with van der Waals surface area (Å²) in [6.07, 6.45) is 5.20. The summed E-state index contributed by atoms with van der Waals surface area (Å²) in [6.45, 7) is 0. The number of aromatic nitrogens is 2. The summed E-state index contributed by atoms with van der Waals surface area (Å²) in [6, 6.07) is 15.3. The first-order chi connectivity index (χ1) is 18.8. The number of ether oxygens (including phenoxy) is 2. The Morgan fingerprint density at radius 3 is 2.31 bits per heavy atom. The number of hydrogen-bond acceptors (Lipinski definition) is 9. The average Bonchev–Trinajstić information content (AvgIpc) is 3.48. The predicted octanol–water partition coefficient (Wildman–Crippen LogP) is 4.84. The van der Waals surface area contributed by atoms with E-state index in [-0.39, 0.29) is 22.4 Å². The van der Waals surface area contributed by atoms with Crippen LogP contribution in [0.2, 0.25) is 0 Å². The van der Waals surface area contributed by atoms with Crippen molar-refractivity contribution in [3.63, 3.8) is 0 Å². The summed E-state index contributed by atoms with van der Waals surface area (Å²) < 4.78 is 40.2. The number of carbonyl (C=O) groups excluding carboxylic acids is 1. The van der Waals surface area contributed by atoms with Crippen LogP contribution in [-0.4, -0.2) is 44.6 Å². The number of fused-ring (bicyclic) bond motifs is 1. The molecule has 0 bridgehead atoms. The first kappa shape index (κ1) is 26.2. The minimum atomic E-state index is -4.08. The summed E-state index contributed by atoms with van der Waals surface area (Å²) in [4.78, 5) is 22.2. The Bertz CT molecular complexity index is 1660. The normalized spacial score (nSPS) is 14.9. The third-order valence-corrected chi connectivity index (χ3v) is 8.05. The summed E-state index contributed by atoms with van der Waals surface area (Å²) >= 11 is 1.32. The van der Waals surface area contributed by atoms with E-state index in [1.165, 1.54) is 37.7 Å². The molecular formula is C27H25N5O5S2. The van der Waals surface area contributed by atoms with Crippen molar-refractivity contribution >= 4 is 55.6 Å². The van der Waals surface area contributed by atoms with Crippen LogP contribution in [0.4, 0.5) is 17.3 Å². The topological polar surface area (TPSA) is 132 Å². The van der Waals surface area contributed by atoms with E-state index in [4.69, 9.17) is 9.47 Å². The van der Waals surface area contributed by atoms with Crippen molar-refractivity contribution in [1.82, 2.24) is 15.3 Å². The van der Waals surface area contributed by atoms with E-state index in [2.05, 4.69) is 25.3 Å². The smallest absolute Gasteiger partial charge is 0.262 e. The monoisotopic (exact) mass is 563 g/mol. The minimum Gasteiger partial charge on any atom is -0.497 e. The molecule has 2 aromatic carbocycles. The number of benzene rings is 2. The van der Waals surface area contributed by atoms with Gasteiger partial charge in [-0.15, -0.1) is 11.3 Å². The number of hydrogen-bond donors (Lipinski definition) is 3. The molecule has 0 aliphatic heterocycles. The minimum absolute atomic E-state index is 0.00851. The third-order valence-electron chi connectivity index (χ3n) is 5.83. The molecule has 0 fully saturated rings. The van der Waals surface area contributed by atoms with Gasteiger partial charge in [-0.3, -0.25) is 9.52 Å². The van der Waals surface area contributed by atoms with E-state index < -0.39 is 16.1 Å². The van der Waals surface area contributed by atoms with Crippen molar-refractivity contribution in [1.29, 1.82) is 0 Å².